The molecule has 0 aliphatic carbocycles. The maximum Gasteiger partial charge on any atom is 0.254 e. The van der Waals surface area contributed by atoms with Gasteiger partial charge in [0.05, 0.1) is 6.10 Å². The summed E-state index contributed by atoms with van der Waals surface area (Å²) in [6.45, 7) is 3.58. The van der Waals surface area contributed by atoms with Gasteiger partial charge >= 0.3 is 0 Å². The van der Waals surface area contributed by atoms with Crippen LogP contribution in [0.2, 0.25) is 0 Å². The van der Waals surface area contributed by atoms with Crippen LogP contribution in [0.15, 0.2) is 18.2 Å². The lowest BCUT2D eigenvalue weighted by Crippen LogP contribution is -2.33. The molecule has 0 aromatic heterocycles. The molecule has 0 saturated heterocycles. The average molecular weight is 225 g/mol. The quantitative estimate of drug-likeness (QED) is 0.848. The van der Waals surface area contributed by atoms with Crippen LogP contribution in [0.4, 0.5) is 4.39 Å². The molecule has 1 aromatic rings. The Kier molecular flexibility index (Phi) is 4.01. The molecule has 0 aliphatic heterocycles. The number of aliphatic hydroxyl groups excluding tert-OH is 1. The number of nitrogens with zero attached hydrogens (tertiary/aromatic N) is 1. The molecule has 1 rings (SSSR count). The zero-order chi connectivity index (χ0) is 12.3. The first-order valence-electron chi connectivity index (χ1n) is 5.11. The molecule has 0 radical (unpaired) electrons. The van der Waals surface area contributed by atoms with Crippen molar-refractivity contribution >= 4 is 5.91 Å². The van der Waals surface area contributed by atoms with Gasteiger partial charge < -0.3 is 10.0 Å². The van der Waals surface area contributed by atoms with E-state index in [2.05, 4.69) is 0 Å². The monoisotopic (exact) mass is 225 g/mol. The van der Waals surface area contributed by atoms with E-state index in [9.17, 15) is 14.3 Å². The summed E-state index contributed by atoms with van der Waals surface area (Å²) in [6, 6.07) is 4.11. The van der Waals surface area contributed by atoms with Gasteiger partial charge in [0, 0.05) is 19.2 Å². The van der Waals surface area contributed by atoms with Crippen LogP contribution < -0.4 is 0 Å². The number of rotatable bonds is 3. The van der Waals surface area contributed by atoms with E-state index in [4.69, 9.17) is 0 Å². The van der Waals surface area contributed by atoms with Crippen LogP contribution in [0.25, 0.3) is 0 Å². The second-order valence-electron chi connectivity index (χ2n) is 3.99. The zero-order valence-corrected chi connectivity index (χ0v) is 9.70. The SMILES string of the molecule is Cc1ccc(F)cc1C(=O)N(C)CC(C)O. The maximum atomic E-state index is 13.0. The predicted molar refractivity (Wildman–Crippen MR) is 59.8 cm³/mol. The molecule has 1 atom stereocenters. The molecule has 3 nitrogen and oxygen atoms in total. The summed E-state index contributed by atoms with van der Waals surface area (Å²) in [5.41, 5.74) is 1.06. The number of hydrogen-bond donors (Lipinski definition) is 1. The van der Waals surface area contributed by atoms with Crippen molar-refractivity contribution in [1.29, 1.82) is 0 Å². The lowest BCUT2D eigenvalue weighted by molar-refractivity contribution is 0.0702. The van der Waals surface area contributed by atoms with Crippen molar-refractivity contribution in [3.05, 3.63) is 35.1 Å². The molecule has 1 unspecified atom stereocenters. The summed E-state index contributed by atoms with van der Waals surface area (Å²) < 4.78 is 13.0. The molecule has 16 heavy (non-hydrogen) atoms. The van der Waals surface area contributed by atoms with Crippen molar-refractivity contribution < 1.29 is 14.3 Å². The number of halogens is 1. The van der Waals surface area contributed by atoms with Crippen molar-refractivity contribution in [2.24, 2.45) is 0 Å². The maximum absolute atomic E-state index is 13.0. The number of likely N-dealkylation sites (N-methyl/N-ethyl adjacent to an activating group) is 1. The number of amides is 1. The van der Waals surface area contributed by atoms with Crippen molar-refractivity contribution in [3.8, 4) is 0 Å². The minimum atomic E-state index is -0.595. The lowest BCUT2D eigenvalue weighted by atomic mass is 10.1. The molecule has 0 heterocycles. The first kappa shape index (κ1) is 12.6. The van der Waals surface area contributed by atoms with E-state index >= 15 is 0 Å². The van der Waals surface area contributed by atoms with Gasteiger partial charge in [0.15, 0.2) is 0 Å². The smallest absolute Gasteiger partial charge is 0.254 e. The van der Waals surface area contributed by atoms with E-state index < -0.39 is 11.9 Å². The van der Waals surface area contributed by atoms with Crippen LogP contribution in [-0.4, -0.2) is 35.6 Å². The summed E-state index contributed by atoms with van der Waals surface area (Å²) in [7, 11) is 1.58. The summed E-state index contributed by atoms with van der Waals surface area (Å²) in [4.78, 5) is 13.3. The third-order valence-corrected chi connectivity index (χ3v) is 2.31. The van der Waals surface area contributed by atoms with Crippen LogP contribution in [0.5, 0.6) is 0 Å². The van der Waals surface area contributed by atoms with Crippen LogP contribution in [0, 0.1) is 12.7 Å². The number of hydrogen-bond acceptors (Lipinski definition) is 2. The van der Waals surface area contributed by atoms with Crippen LogP contribution >= 0.6 is 0 Å². The van der Waals surface area contributed by atoms with Crippen molar-refractivity contribution in [3.63, 3.8) is 0 Å². The largest absolute Gasteiger partial charge is 0.392 e. The Balaban J connectivity index is 2.91. The fraction of sp³-hybridized carbons (Fsp3) is 0.417. The molecule has 0 aliphatic rings. The van der Waals surface area contributed by atoms with Crippen molar-refractivity contribution in [2.75, 3.05) is 13.6 Å². The predicted octanol–water partition coefficient (Wildman–Crippen LogP) is 1.59. The minimum Gasteiger partial charge on any atom is -0.392 e. The highest BCUT2D eigenvalue weighted by Gasteiger charge is 2.15. The van der Waals surface area contributed by atoms with Gasteiger partial charge in [0.1, 0.15) is 5.82 Å². The van der Waals surface area contributed by atoms with Crippen LogP contribution in [0.3, 0.4) is 0 Å². The highest BCUT2D eigenvalue weighted by molar-refractivity contribution is 5.95. The van der Waals surface area contributed by atoms with E-state index in [0.717, 1.165) is 5.56 Å². The summed E-state index contributed by atoms with van der Waals surface area (Å²) in [5.74, 6) is -0.711. The standard InChI is InChI=1S/C12H16FNO2/c1-8-4-5-10(13)6-11(8)12(16)14(3)7-9(2)15/h4-6,9,15H,7H2,1-3H3. The molecule has 88 valence electrons. The molecular weight excluding hydrogens is 209 g/mol. The number of benzene rings is 1. The number of aryl methyl sites for hydroxylation is 1. The number of carbonyl (C=O) groups is 1. The van der Waals surface area contributed by atoms with E-state index in [0.29, 0.717) is 5.56 Å². The second-order valence-corrected chi connectivity index (χ2v) is 3.99. The Morgan fingerprint density at radius 1 is 1.56 bits per heavy atom. The Bertz CT molecular complexity index is 391. The van der Waals surface area contributed by atoms with Crippen molar-refractivity contribution in [2.45, 2.75) is 20.0 Å². The van der Waals surface area contributed by atoms with Gasteiger partial charge in [-0.25, -0.2) is 4.39 Å². The molecule has 1 aromatic carbocycles. The van der Waals surface area contributed by atoms with Gasteiger partial charge in [-0.1, -0.05) is 6.07 Å². The summed E-state index contributed by atoms with van der Waals surface area (Å²) in [5, 5.41) is 9.17. The Labute approximate surface area is 94.5 Å². The zero-order valence-electron chi connectivity index (χ0n) is 9.70. The molecule has 0 bridgehead atoms. The van der Waals surface area contributed by atoms with Crippen LogP contribution in [0.1, 0.15) is 22.8 Å². The van der Waals surface area contributed by atoms with E-state index in [1.165, 1.54) is 17.0 Å². The van der Waals surface area contributed by atoms with E-state index in [1.807, 2.05) is 0 Å². The van der Waals surface area contributed by atoms with Gasteiger partial charge in [-0.2, -0.15) is 0 Å². The normalized spacial score (nSPS) is 12.3. The fourth-order valence-corrected chi connectivity index (χ4v) is 1.51. The molecule has 4 heteroatoms. The lowest BCUT2D eigenvalue weighted by Gasteiger charge is -2.19. The first-order valence-corrected chi connectivity index (χ1v) is 5.11. The molecule has 1 N–H and O–H groups in total. The Morgan fingerprint density at radius 3 is 2.75 bits per heavy atom. The highest BCUT2D eigenvalue weighted by atomic mass is 19.1. The molecule has 0 saturated carbocycles. The van der Waals surface area contributed by atoms with E-state index in [1.54, 1.807) is 27.0 Å². The van der Waals surface area contributed by atoms with Gasteiger partial charge in [-0.05, 0) is 31.5 Å². The first-order chi connectivity index (χ1) is 7.41. The van der Waals surface area contributed by atoms with Gasteiger partial charge in [0.2, 0.25) is 0 Å². The third kappa shape index (κ3) is 3.03. The molecule has 1 amide bonds. The average Bonchev–Trinajstić information content (AvgIpc) is 2.19. The second kappa shape index (κ2) is 5.07. The fourth-order valence-electron chi connectivity index (χ4n) is 1.51. The van der Waals surface area contributed by atoms with Gasteiger partial charge in [-0.3, -0.25) is 4.79 Å². The van der Waals surface area contributed by atoms with Gasteiger partial charge in [0.25, 0.3) is 5.91 Å². The Hall–Kier alpha value is -1.42. The number of aliphatic hydroxyl groups is 1. The summed E-state index contributed by atoms with van der Waals surface area (Å²) >= 11 is 0. The Morgan fingerprint density at radius 2 is 2.19 bits per heavy atom. The third-order valence-electron chi connectivity index (χ3n) is 2.31. The molecule has 0 spiro atoms. The molecule has 0 fully saturated rings. The topological polar surface area (TPSA) is 40.5 Å². The highest BCUT2D eigenvalue weighted by Crippen LogP contribution is 2.12. The van der Waals surface area contributed by atoms with Crippen LogP contribution in [-0.2, 0) is 0 Å². The van der Waals surface area contributed by atoms with Gasteiger partial charge in [-0.15, -0.1) is 0 Å². The van der Waals surface area contributed by atoms with Crippen molar-refractivity contribution in [1.82, 2.24) is 4.90 Å². The molecular formula is C12H16FNO2. The minimum absolute atomic E-state index is 0.231. The number of carbonyl (C=O) groups excluding carboxylic acids is 1. The van der Waals surface area contributed by atoms with E-state index in [-0.39, 0.29) is 12.5 Å². The summed E-state index contributed by atoms with van der Waals surface area (Å²) in [6.07, 6.45) is -0.595.